The van der Waals surface area contributed by atoms with Gasteiger partial charge in [0.05, 0.1) is 30.6 Å². The van der Waals surface area contributed by atoms with E-state index < -0.39 is 35.6 Å². The van der Waals surface area contributed by atoms with Gasteiger partial charge in [0.25, 0.3) is 5.91 Å². The largest absolute Gasteiger partial charge is 0.394 e. The van der Waals surface area contributed by atoms with E-state index in [9.17, 15) is 9.90 Å². The van der Waals surface area contributed by atoms with E-state index in [4.69, 9.17) is 4.74 Å². The fraction of sp³-hybridized carbons (Fsp3) is 0.359. The van der Waals surface area contributed by atoms with Gasteiger partial charge in [0.15, 0.2) is 0 Å². The van der Waals surface area contributed by atoms with Gasteiger partial charge in [0.1, 0.15) is 11.6 Å². The van der Waals surface area contributed by atoms with E-state index in [0.717, 1.165) is 22.4 Å². The number of hydrogen-bond acceptors (Lipinski definition) is 5. The lowest BCUT2D eigenvalue weighted by atomic mass is 9.70. The zero-order valence-electron chi connectivity index (χ0n) is 27.4. The van der Waals surface area contributed by atoms with E-state index in [1.54, 1.807) is 26.9 Å². The van der Waals surface area contributed by atoms with Gasteiger partial charge in [0.2, 0.25) is 11.8 Å². The molecule has 48 heavy (non-hydrogen) atoms. The molecule has 3 aromatic rings. The summed E-state index contributed by atoms with van der Waals surface area (Å²) in [5, 5.41) is 10.9. The zero-order chi connectivity index (χ0) is 34.2. The number of carbonyl (C=O) groups is 3. The summed E-state index contributed by atoms with van der Waals surface area (Å²) in [6.45, 7) is 11.8. The molecule has 0 radical (unpaired) electrons. The predicted molar refractivity (Wildman–Crippen MR) is 191 cm³/mol. The Balaban J connectivity index is 1.49. The highest BCUT2D eigenvalue weighted by molar-refractivity contribution is 9.09. The first-order chi connectivity index (χ1) is 23.2. The third-order valence-corrected chi connectivity index (χ3v) is 10.9. The standard InChI is InChI=1S/C39H42BrN3O5/c1-5-20-41(28-18-11-8-12-19-28)36(45)31-32-37(46)43(29(24-44)22-27-16-9-7-10-17-27)35(39(32)23-30(40)34(31)48-39)38(47)42(21-6-2)33-25(3)14-13-15-26(33)4/h5-19,29-32,34-35,44H,1-2,20-24H2,3-4H3/t29-,30?,31+,32+,34+,35?,39?/m1/s1. The molecule has 6 rings (SSSR count). The van der Waals surface area contributed by atoms with Crippen molar-refractivity contribution in [3.8, 4) is 0 Å². The molecule has 3 aromatic carbocycles. The summed E-state index contributed by atoms with van der Waals surface area (Å²) in [4.78, 5) is 49.5. The number of alkyl halides is 1. The number of benzene rings is 3. The number of rotatable bonds is 12. The minimum Gasteiger partial charge on any atom is -0.394 e. The Kier molecular flexibility index (Phi) is 9.74. The fourth-order valence-corrected chi connectivity index (χ4v) is 9.14. The van der Waals surface area contributed by atoms with E-state index in [1.807, 2.05) is 92.7 Å². The van der Waals surface area contributed by atoms with Gasteiger partial charge in [-0.15, -0.1) is 13.2 Å². The van der Waals surface area contributed by atoms with Crippen LogP contribution in [0.2, 0.25) is 0 Å². The average Bonchev–Trinajstić information content (AvgIpc) is 3.69. The second-order valence-electron chi connectivity index (χ2n) is 13.0. The van der Waals surface area contributed by atoms with Crippen molar-refractivity contribution in [2.24, 2.45) is 11.8 Å². The van der Waals surface area contributed by atoms with Crippen molar-refractivity contribution >= 4 is 45.0 Å². The van der Waals surface area contributed by atoms with Gasteiger partial charge < -0.3 is 24.5 Å². The average molecular weight is 713 g/mol. The van der Waals surface area contributed by atoms with Gasteiger partial charge in [-0.25, -0.2) is 0 Å². The Morgan fingerprint density at radius 2 is 1.56 bits per heavy atom. The normalized spacial score (nSPS) is 26.2. The molecule has 1 N–H and O–H groups in total. The molecule has 3 saturated heterocycles. The Labute approximate surface area is 290 Å². The van der Waals surface area contributed by atoms with E-state index in [1.165, 1.54) is 0 Å². The number of aryl methyl sites for hydroxylation is 2. The lowest BCUT2D eigenvalue weighted by Crippen LogP contribution is -2.59. The Morgan fingerprint density at radius 1 is 0.958 bits per heavy atom. The highest BCUT2D eigenvalue weighted by Gasteiger charge is 2.77. The number of ether oxygens (including phenoxy) is 1. The van der Waals surface area contributed by atoms with Crippen LogP contribution in [-0.4, -0.2) is 76.0 Å². The summed E-state index contributed by atoms with van der Waals surface area (Å²) in [6.07, 6.45) is 3.39. The van der Waals surface area contributed by atoms with Crippen molar-refractivity contribution in [3.05, 3.63) is 121 Å². The molecule has 3 aliphatic rings. The molecule has 3 unspecified atom stereocenters. The molecule has 8 nitrogen and oxygen atoms in total. The van der Waals surface area contributed by atoms with Gasteiger partial charge in [-0.3, -0.25) is 14.4 Å². The van der Waals surface area contributed by atoms with Crippen LogP contribution in [0.3, 0.4) is 0 Å². The van der Waals surface area contributed by atoms with Crippen LogP contribution in [0.15, 0.2) is 104 Å². The topological polar surface area (TPSA) is 90.4 Å². The molecule has 2 bridgehead atoms. The molecule has 3 amide bonds. The first kappa shape index (κ1) is 33.8. The van der Waals surface area contributed by atoms with Crippen LogP contribution in [0.4, 0.5) is 11.4 Å². The fourth-order valence-electron chi connectivity index (χ4n) is 8.20. The molecule has 250 valence electrons. The summed E-state index contributed by atoms with van der Waals surface area (Å²) >= 11 is 3.80. The number of carbonyl (C=O) groups excluding carboxylic acids is 3. The Hall–Kier alpha value is -4.05. The van der Waals surface area contributed by atoms with Gasteiger partial charge in [0, 0.05) is 29.3 Å². The summed E-state index contributed by atoms with van der Waals surface area (Å²) in [7, 11) is 0. The highest BCUT2D eigenvalue weighted by atomic mass is 79.9. The monoisotopic (exact) mass is 711 g/mol. The van der Waals surface area contributed by atoms with E-state index in [-0.39, 0.29) is 42.2 Å². The quantitative estimate of drug-likeness (QED) is 0.201. The van der Waals surface area contributed by atoms with Crippen molar-refractivity contribution in [2.75, 3.05) is 29.5 Å². The second-order valence-corrected chi connectivity index (χ2v) is 14.2. The van der Waals surface area contributed by atoms with E-state index in [0.29, 0.717) is 18.5 Å². The van der Waals surface area contributed by atoms with Crippen LogP contribution >= 0.6 is 15.9 Å². The van der Waals surface area contributed by atoms with Gasteiger partial charge in [-0.05, 0) is 55.5 Å². The van der Waals surface area contributed by atoms with Gasteiger partial charge >= 0.3 is 0 Å². The van der Waals surface area contributed by atoms with Crippen molar-refractivity contribution in [2.45, 2.75) is 55.3 Å². The predicted octanol–water partition coefficient (Wildman–Crippen LogP) is 5.39. The molecule has 7 atom stereocenters. The molecule has 1 spiro atoms. The molecule has 3 heterocycles. The van der Waals surface area contributed by atoms with Crippen LogP contribution in [0.1, 0.15) is 23.1 Å². The number of anilines is 2. The van der Waals surface area contributed by atoms with Crippen LogP contribution < -0.4 is 9.80 Å². The first-order valence-electron chi connectivity index (χ1n) is 16.4. The Bertz CT molecular complexity index is 1680. The first-order valence-corrected chi connectivity index (χ1v) is 17.3. The minimum absolute atomic E-state index is 0.205. The number of aliphatic hydroxyl groups is 1. The van der Waals surface area contributed by atoms with Crippen molar-refractivity contribution in [3.63, 3.8) is 0 Å². The maximum atomic E-state index is 15.2. The number of nitrogens with zero attached hydrogens (tertiary/aromatic N) is 3. The Morgan fingerprint density at radius 3 is 2.17 bits per heavy atom. The number of fused-ring (bicyclic) bond motifs is 1. The maximum Gasteiger partial charge on any atom is 0.253 e. The third kappa shape index (κ3) is 5.61. The number of hydrogen-bond donors (Lipinski definition) is 1. The summed E-state index contributed by atoms with van der Waals surface area (Å²) in [5.41, 5.74) is 2.86. The molecule has 0 aliphatic carbocycles. The highest BCUT2D eigenvalue weighted by Crippen LogP contribution is 2.61. The van der Waals surface area contributed by atoms with Crippen molar-refractivity contribution in [1.82, 2.24) is 4.90 Å². The number of likely N-dealkylation sites (tertiary alicyclic amines) is 1. The molecular weight excluding hydrogens is 670 g/mol. The second kappa shape index (κ2) is 13.8. The number of amides is 3. The molecule has 3 aliphatic heterocycles. The van der Waals surface area contributed by atoms with Crippen LogP contribution in [0, 0.1) is 25.7 Å². The third-order valence-electron chi connectivity index (χ3n) is 10.1. The van der Waals surface area contributed by atoms with Crippen molar-refractivity contribution in [1.29, 1.82) is 0 Å². The molecule has 0 aromatic heterocycles. The SMILES string of the molecule is C=CCN(C(=O)[C@H]1[C@H]2C(=O)N([C@@H](CO)Cc3ccccc3)C(C(=O)N(CC=C)c3c(C)cccc3C)C23CC(Br)[C@@H]1O3)c1ccccc1. The lowest BCUT2D eigenvalue weighted by molar-refractivity contribution is -0.144. The van der Waals surface area contributed by atoms with Crippen LogP contribution in [-0.2, 0) is 25.5 Å². The van der Waals surface area contributed by atoms with Gasteiger partial charge in [-0.2, -0.15) is 0 Å². The maximum absolute atomic E-state index is 15.2. The molecule has 0 saturated carbocycles. The minimum atomic E-state index is -1.30. The van der Waals surface area contributed by atoms with Crippen LogP contribution in [0.5, 0.6) is 0 Å². The summed E-state index contributed by atoms with van der Waals surface area (Å²) < 4.78 is 6.86. The smallest absolute Gasteiger partial charge is 0.253 e. The number of aliphatic hydroxyl groups excluding tert-OH is 1. The summed E-state index contributed by atoms with van der Waals surface area (Å²) in [6, 6.07) is 22.9. The molecular formula is C39H42BrN3O5. The van der Waals surface area contributed by atoms with Gasteiger partial charge in [-0.1, -0.05) is 94.8 Å². The molecule has 3 fully saturated rings. The zero-order valence-corrected chi connectivity index (χ0v) is 29.0. The van der Waals surface area contributed by atoms with Crippen molar-refractivity contribution < 1.29 is 24.2 Å². The molecule has 9 heteroatoms. The van der Waals surface area contributed by atoms with E-state index >= 15 is 9.59 Å². The number of halogens is 1. The van der Waals surface area contributed by atoms with Crippen LogP contribution in [0.25, 0.3) is 0 Å². The van der Waals surface area contributed by atoms with E-state index in [2.05, 4.69) is 29.1 Å². The number of para-hydroxylation sites is 2. The summed E-state index contributed by atoms with van der Waals surface area (Å²) in [5.74, 6) is -2.73. The lowest BCUT2D eigenvalue weighted by Gasteiger charge is -2.40.